The van der Waals surface area contributed by atoms with Crippen LogP contribution in [0.5, 0.6) is 0 Å². The lowest BCUT2D eigenvalue weighted by atomic mass is 9.89. The predicted molar refractivity (Wildman–Crippen MR) is 67.9 cm³/mol. The summed E-state index contributed by atoms with van der Waals surface area (Å²) in [4.78, 5) is 7.08. The first kappa shape index (κ1) is 12.3. The minimum atomic E-state index is -0.800. The van der Waals surface area contributed by atoms with Crippen molar-refractivity contribution in [3.8, 4) is 0 Å². The van der Waals surface area contributed by atoms with Crippen LogP contribution in [0.15, 0.2) is 35.1 Å². The average molecular weight is 298 g/mol. The molecule has 1 aromatic heterocycles. The van der Waals surface area contributed by atoms with Gasteiger partial charge in [-0.25, -0.2) is 9.37 Å². The molecule has 0 bridgehead atoms. The van der Waals surface area contributed by atoms with E-state index in [9.17, 15) is 4.39 Å². The van der Waals surface area contributed by atoms with E-state index in [-0.39, 0.29) is 5.82 Å². The zero-order valence-electron chi connectivity index (χ0n) is 9.37. The summed E-state index contributed by atoms with van der Waals surface area (Å²) in [6.07, 6.45) is 3.83. The van der Waals surface area contributed by atoms with E-state index in [2.05, 4.69) is 25.9 Å². The summed E-state index contributed by atoms with van der Waals surface area (Å²) in [5.74, 6) is 0.444. The largest absolute Gasteiger partial charge is 0.349 e. The van der Waals surface area contributed by atoms with Crippen molar-refractivity contribution >= 4 is 15.9 Å². The molecule has 0 saturated carbocycles. The first-order chi connectivity index (χ1) is 7.99. The Morgan fingerprint density at radius 2 is 2.29 bits per heavy atom. The number of hydrogen-bond acceptors (Lipinski definition) is 2. The van der Waals surface area contributed by atoms with Crippen LogP contribution < -0.4 is 5.73 Å². The lowest BCUT2D eigenvalue weighted by Crippen LogP contribution is -2.36. The zero-order valence-corrected chi connectivity index (χ0v) is 11.0. The fourth-order valence-corrected chi connectivity index (χ4v) is 2.13. The normalized spacial score (nSPS) is 14.6. The molecule has 17 heavy (non-hydrogen) atoms. The summed E-state index contributed by atoms with van der Waals surface area (Å²) in [5, 5.41) is 0. The van der Waals surface area contributed by atoms with E-state index in [0.29, 0.717) is 12.0 Å². The molecule has 2 aromatic rings. The SMILES string of the molecule is C[C@](N)(Cc1ncc[nH]1)c1cc(Br)ccc1F. The lowest BCUT2D eigenvalue weighted by Gasteiger charge is -2.25. The van der Waals surface area contributed by atoms with Gasteiger partial charge in [-0.05, 0) is 25.1 Å². The molecule has 0 radical (unpaired) electrons. The third-order valence-corrected chi connectivity index (χ3v) is 3.13. The Labute approximate surface area is 107 Å². The molecule has 2 rings (SSSR count). The number of nitrogens with two attached hydrogens (primary N) is 1. The van der Waals surface area contributed by atoms with Crippen LogP contribution in [0.2, 0.25) is 0 Å². The quantitative estimate of drug-likeness (QED) is 0.915. The highest BCUT2D eigenvalue weighted by molar-refractivity contribution is 9.10. The molecule has 0 amide bonds. The van der Waals surface area contributed by atoms with Crippen molar-refractivity contribution in [3.63, 3.8) is 0 Å². The summed E-state index contributed by atoms with van der Waals surface area (Å²) >= 11 is 3.32. The minimum absolute atomic E-state index is 0.301. The molecule has 0 fully saturated rings. The number of H-pyrrole nitrogens is 1. The third-order valence-electron chi connectivity index (χ3n) is 2.63. The van der Waals surface area contributed by atoms with Crippen LogP contribution in [0.3, 0.4) is 0 Å². The molecule has 0 aliphatic rings. The Morgan fingerprint density at radius 3 is 2.94 bits per heavy atom. The van der Waals surface area contributed by atoms with E-state index in [0.717, 1.165) is 10.3 Å². The molecule has 1 aromatic carbocycles. The van der Waals surface area contributed by atoms with Gasteiger partial charge in [0.1, 0.15) is 11.6 Å². The second-order valence-electron chi connectivity index (χ2n) is 4.25. The number of aromatic amines is 1. The van der Waals surface area contributed by atoms with Crippen LogP contribution in [0, 0.1) is 5.82 Å². The van der Waals surface area contributed by atoms with Gasteiger partial charge in [0.05, 0.1) is 0 Å². The molecule has 3 nitrogen and oxygen atoms in total. The van der Waals surface area contributed by atoms with Gasteiger partial charge in [0.15, 0.2) is 0 Å². The zero-order chi connectivity index (χ0) is 12.5. The molecular formula is C12H13BrFN3. The van der Waals surface area contributed by atoms with Gasteiger partial charge in [-0.2, -0.15) is 0 Å². The fraction of sp³-hybridized carbons (Fsp3) is 0.250. The number of hydrogen-bond donors (Lipinski definition) is 2. The molecule has 0 aliphatic carbocycles. The van der Waals surface area contributed by atoms with E-state index in [1.807, 2.05) is 0 Å². The Balaban J connectivity index is 2.33. The Bertz CT molecular complexity index is 508. The standard InChI is InChI=1S/C12H13BrFN3/c1-12(15,7-11-16-4-5-17-11)9-6-8(13)2-3-10(9)14/h2-6H,7,15H2,1H3,(H,16,17)/t12-/m0/s1. The summed E-state index contributed by atoms with van der Waals surface area (Å²) in [6, 6.07) is 4.77. The second-order valence-corrected chi connectivity index (χ2v) is 5.17. The number of halogens is 2. The van der Waals surface area contributed by atoms with Crippen molar-refractivity contribution in [1.29, 1.82) is 0 Å². The maximum Gasteiger partial charge on any atom is 0.128 e. The Morgan fingerprint density at radius 1 is 1.53 bits per heavy atom. The molecule has 3 N–H and O–H groups in total. The highest BCUT2D eigenvalue weighted by Crippen LogP contribution is 2.26. The van der Waals surface area contributed by atoms with Gasteiger partial charge >= 0.3 is 0 Å². The summed E-state index contributed by atoms with van der Waals surface area (Å²) in [7, 11) is 0. The molecule has 0 unspecified atom stereocenters. The van der Waals surface area contributed by atoms with E-state index in [1.165, 1.54) is 6.07 Å². The fourth-order valence-electron chi connectivity index (χ4n) is 1.77. The summed E-state index contributed by atoms with van der Waals surface area (Å²) in [5.41, 5.74) is 5.85. The van der Waals surface area contributed by atoms with Gasteiger partial charge in [-0.1, -0.05) is 15.9 Å². The van der Waals surface area contributed by atoms with Gasteiger partial charge in [0.25, 0.3) is 0 Å². The number of aromatic nitrogens is 2. The molecule has 0 spiro atoms. The van der Waals surface area contributed by atoms with Gasteiger partial charge in [0, 0.05) is 34.4 Å². The van der Waals surface area contributed by atoms with E-state index < -0.39 is 5.54 Å². The van der Waals surface area contributed by atoms with Crippen molar-refractivity contribution in [2.75, 3.05) is 0 Å². The van der Waals surface area contributed by atoms with Crippen molar-refractivity contribution < 1.29 is 4.39 Å². The number of benzene rings is 1. The average Bonchev–Trinajstić information content (AvgIpc) is 2.73. The van der Waals surface area contributed by atoms with Crippen molar-refractivity contribution in [3.05, 3.63) is 52.3 Å². The third kappa shape index (κ3) is 2.73. The predicted octanol–water partition coefficient (Wildman–Crippen LogP) is 2.73. The number of imidazole rings is 1. The highest BCUT2D eigenvalue weighted by atomic mass is 79.9. The van der Waals surface area contributed by atoms with E-state index in [1.54, 1.807) is 31.5 Å². The first-order valence-corrected chi connectivity index (χ1v) is 6.01. The maximum atomic E-state index is 13.8. The van der Waals surface area contributed by atoms with Crippen LogP contribution in [-0.4, -0.2) is 9.97 Å². The highest BCUT2D eigenvalue weighted by Gasteiger charge is 2.26. The molecule has 1 heterocycles. The Hall–Kier alpha value is -1.20. The van der Waals surface area contributed by atoms with Crippen molar-refractivity contribution in [2.45, 2.75) is 18.9 Å². The van der Waals surface area contributed by atoms with Gasteiger partial charge < -0.3 is 10.7 Å². The molecule has 0 aliphatic heterocycles. The molecular weight excluding hydrogens is 285 g/mol. The van der Waals surface area contributed by atoms with Crippen LogP contribution in [0.1, 0.15) is 18.3 Å². The van der Waals surface area contributed by atoms with E-state index >= 15 is 0 Å². The van der Waals surface area contributed by atoms with Gasteiger partial charge in [-0.15, -0.1) is 0 Å². The molecule has 90 valence electrons. The smallest absolute Gasteiger partial charge is 0.128 e. The number of nitrogens with zero attached hydrogens (tertiary/aromatic N) is 1. The Kier molecular flexibility index (Phi) is 3.31. The van der Waals surface area contributed by atoms with Crippen LogP contribution in [-0.2, 0) is 12.0 Å². The van der Waals surface area contributed by atoms with Gasteiger partial charge in [-0.3, -0.25) is 0 Å². The monoisotopic (exact) mass is 297 g/mol. The molecule has 5 heteroatoms. The topological polar surface area (TPSA) is 54.7 Å². The maximum absolute atomic E-state index is 13.8. The lowest BCUT2D eigenvalue weighted by molar-refractivity contribution is 0.448. The first-order valence-electron chi connectivity index (χ1n) is 5.22. The number of nitrogens with one attached hydrogen (secondary N) is 1. The van der Waals surface area contributed by atoms with Crippen molar-refractivity contribution in [1.82, 2.24) is 9.97 Å². The van der Waals surface area contributed by atoms with Crippen molar-refractivity contribution in [2.24, 2.45) is 5.73 Å². The van der Waals surface area contributed by atoms with Gasteiger partial charge in [0.2, 0.25) is 0 Å². The number of rotatable bonds is 3. The molecule has 1 atom stereocenters. The van der Waals surface area contributed by atoms with Crippen LogP contribution >= 0.6 is 15.9 Å². The summed E-state index contributed by atoms with van der Waals surface area (Å²) < 4.78 is 14.6. The van der Waals surface area contributed by atoms with E-state index in [4.69, 9.17) is 5.73 Å². The van der Waals surface area contributed by atoms with Crippen LogP contribution in [0.4, 0.5) is 4.39 Å². The second kappa shape index (κ2) is 4.58. The molecule has 0 saturated heterocycles. The van der Waals surface area contributed by atoms with Crippen LogP contribution in [0.25, 0.3) is 0 Å². The minimum Gasteiger partial charge on any atom is -0.349 e. The summed E-state index contributed by atoms with van der Waals surface area (Å²) in [6.45, 7) is 1.79.